The van der Waals surface area contributed by atoms with Gasteiger partial charge in [-0.05, 0) is 12.1 Å². The monoisotopic (exact) mass is 347 g/mol. The zero-order valence-corrected chi connectivity index (χ0v) is 13.2. The molecular weight excluding hydrogens is 330 g/mol. The van der Waals surface area contributed by atoms with Crippen LogP contribution in [-0.4, -0.2) is 51.0 Å². The molecule has 0 saturated heterocycles. The Labute approximate surface area is 142 Å². The molecule has 10 heteroatoms. The molecular formula is C15H17N5O5. The fraction of sp³-hybridized carbons (Fsp3) is 0.267. The van der Waals surface area contributed by atoms with Crippen molar-refractivity contribution in [1.29, 1.82) is 0 Å². The van der Waals surface area contributed by atoms with Crippen LogP contribution < -0.4 is 15.4 Å². The Kier molecular flexibility index (Phi) is 6.46. The molecule has 0 saturated carbocycles. The Bertz CT molecular complexity index is 731. The zero-order valence-electron chi connectivity index (χ0n) is 13.2. The van der Waals surface area contributed by atoms with Crippen LogP contribution in [0.5, 0.6) is 5.75 Å². The third kappa shape index (κ3) is 6.69. The summed E-state index contributed by atoms with van der Waals surface area (Å²) in [5, 5.41) is 20.9. The van der Waals surface area contributed by atoms with E-state index >= 15 is 0 Å². The highest BCUT2D eigenvalue weighted by molar-refractivity contribution is 5.85. The van der Waals surface area contributed by atoms with E-state index in [4.69, 9.17) is 9.84 Å². The summed E-state index contributed by atoms with van der Waals surface area (Å²) in [6.07, 6.45) is 1.42. The smallest absolute Gasteiger partial charge is 0.325 e. The van der Waals surface area contributed by atoms with Crippen LogP contribution >= 0.6 is 0 Å². The van der Waals surface area contributed by atoms with E-state index in [0.717, 1.165) is 4.68 Å². The van der Waals surface area contributed by atoms with Crippen LogP contribution in [0.25, 0.3) is 0 Å². The van der Waals surface area contributed by atoms with Gasteiger partial charge in [-0.2, -0.15) is 0 Å². The van der Waals surface area contributed by atoms with Crippen LogP contribution in [0.4, 0.5) is 0 Å². The lowest BCUT2D eigenvalue weighted by atomic mass is 10.3. The van der Waals surface area contributed by atoms with Crippen molar-refractivity contribution in [2.45, 2.75) is 13.1 Å². The first-order chi connectivity index (χ1) is 12.0. The number of amides is 2. The summed E-state index contributed by atoms with van der Waals surface area (Å²) < 4.78 is 6.40. The second-order valence-electron chi connectivity index (χ2n) is 4.96. The van der Waals surface area contributed by atoms with Gasteiger partial charge in [0.1, 0.15) is 18.0 Å². The Morgan fingerprint density at radius 3 is 2.60 bits per heavy atom. The van der Waals surface area contributed by atoms with Crippen molar-refractivity contribution in [2.24, 2.45) is 0 Å². The van der Waals surface area contributed by atoms with E-state index in [9.17, 15) is 14.4 Å². The van der Waals surface area contributed by atoms with Crippen LogP contribution in [0.2, 0.25) is 0 Å². The molecule has 0 aliphatic carbocycles. The van der Waals surface area contributed by atoms with E-state index in [1.165, 1.54) is 6.20 Å². The molecule has 0 spiro atoms. The number of carbonyl (C=O) groups excluding carboxylic acids is 2. The minimum absolute atomic E-state index is 0.0782. The first-order valence-electron chi connectivity index (χ1n) is 7.35. The van der Waals surface area contributed by atoms with Gasteiger partial charge in [-0.15, -0.1) is 5.10 Å². The number of carbonyl (C=O) groups is 3. The molecule has 0 unspecified atom stereocenters. The number of aliphatic carboxylic acids is 1. The predicted octanol–water partition coefficient (Wildman–Crippen LogP) is -0.826. The molecule has 2 rings (SSSR count). The van der Waals surface area contributed by atoms with Crippen molar-refractivity contribution in [2.75, 3.05) is 13.2 Å². The van der Waals surface area contributed by atoms with Crippen molar-refractivity contribution in [3.05, 3.63) is 42.2 Å². The fourth-order valence-corrected chi connectivity index (χ4v) is 1.78. The minimum atomic E-state index is -1.04. The molecule has 0 aliphatic heterocycles. The molecule has 0 atom stereocenters. The van der Waals surface area contributed by atoms with Gasteiger partial charge >= 0.3 is 5.97 Å². The van der Waals surface area contributed by atoms with E-state index in [1.54, 1.807) is 24.3 Å². The molecule has 0 radical (unpaired) electrons. The highest BCUT2D eigenvalue weighted by Crippen LogP contribution is 2.07. The number of benzene rings is 1. The average Bonchev–Trinajstić information content (AvgIpc) is 3.04. The SMILES string of the molecule is O=C(O)Cn1cc(CNC(=O)CNC(=O)COc2ccccc2)nn1. The molecule has 132 valence electrons. The van der Waals surface area contributed by atoms with Gasteiger partial charge in [-0.1, -0.05) is 23.4 Å². The summed E-state index contributed by atoms with van der Waals surface area (Å²) >= 11 is 0. The lowest BCUT2D eigenvalue weighted by Crippen LogP contribution is -2.38. The van der Waals surface area contributed by atoms with Gasteiger partial charge in [0.05, 0.1) is 19.3 Å². The number of nitrogens with one attached hydrogen (secondary N) is 2. The zero-order chi connectivity index (χ0) is 18.1. The Hall–Kier alpha value is -3.43. The summed E-state index contributed by atoms with van der Waals surface area (Å²) in [5.41, 5.74) is 0.410. The number of carboxylic acids is 1. The fourth-order valence-electron chi connectivity index (χ4n) is 1.78. The number of para-hydroxylation sites is 1. The summed E-state index contributed by atoms with van der Waals surface area (Å²) in [7, 11) is 0. The molecule has 0 fully saturated rings. The normalized spacial score (nSPS) is 10.1. The van der Waals surface area contributed by atoms with Gasteiger partial charge in [-0.25, -0.2) is 4.68 Å². The van der Waals surface area contributed by atoms with Crippen molar-refractivity contribution in [3.63, 3.8) is 0 Å². The van der Waals surface area contributed by atoms with Crippen LogP contribution in [-0.2, 0) is 27.5 Å². The average molecular weight is 347 g/mol. The van der Waals surface area contributed by atoms with E-state index in [2.05, 4.69) is 20.9 Å². The van der Waals surface area contributed by atoms with Gasteiger partial charge in [0.25, 0.3) is 5.91 Å². The number of ether oxygens (including phenoxy) is 1. The maximum atomic E-state index is 11.7. The minimum Gasteiger partial charge on any atom is -0.484 e. The highest BCUT2D eigenvalue weighted by Gasteiger charge is 2.08. The second kappa shape index (κ2) is 9.01. The van der Waals surface area contributed by atoms with Crippen LogP contribution in [0, 0.1) is 0 Å². The van der Waals surface area contributed by atoms with Crippen molar-refractivity contribution >= 4 is 17.8 Å². The quantitative estimate of drug-likeness (QED) is 0.539. The maximum Gasteiger partial charge on any atom is 0.325 e. The number of aromatic nitrogens is 3. The van der Waals surface area contributed by atoms with Gasteiger partial charge in [0, 0.05) is 0 Å². The molecule has 2 aromatic rings. The van der Waals surface area contributed by atoms with Crippen molar-refractivity contribution in [1.82, 2.24) is 25.6 Å². The Balaban J connectivity index is 1.64. The van der Waals surface area contributed by atoms with E-state index in [1.807, 2.05) is 6.07 Å². The van der Waals surface area contributed by atoms with Crippen LogP contribution in [0.3, 0.4) is 0 Å². The summed E-state index contributed by atoms with van der Waals surface area (Å²) in [4.78, 5) is 33.8. The molecule has 2 amide bonds. The molecule has 0 bridgehead atoms. The van der Waals surface area contributed by atoms with E-state index in [-0.39, 0.29) is 26.2 Å². The lowest BCUT2D eigenvalue weighted by Gasteiger charge is -2.07. The van der Waals surface area contributed by atoms with Crippen LogP contribution in [0.1, 0.15) is 5.69 Å². The second-order valence-corrected chi connectivity index (χ2v) is 4.96. The standard InChI is InChI=1S/C15H17N5O5/c21-13(16-6-11-8-20(19-18-11)9-15(23)24)7-17-14(22)10-25-12-4-2-1-3-5-12/h1-5,8H,6-7,9-10H2,(H,16,21)(H,17,22)(H,23,24). The van der Waals surface area contributed by atoms with E-state index in [0.29, 0.717) is 11.4 Å². The summed E-state index contributed by atoms with van der Waals surface area (Å²) in [6.45, 7) is -0.631. The summed E-state index contributed by atoms with van der Waals surface area (Å²) in [5.74, 6) is -1.32. The molecule has 25 heavy (non-hydrogen) atoms. The molecule has 0 aliphatic rings. The largest absolute Gasteiger partial charge is 0.484 e. The maximum absolute atomic E-state index is 11.7. The first-order valence-corrected chi connectivity index (χ1v) is 7.35. The number of hydrogen-bond donors (Lipinski definition) is 3. The van der Waals surface area contributed by atoms with Gasteiger partial charge < -0.3 is 20.5 Å². The lowest BCUT2D eigenvalue weighted by molar-refractivity contribution is -0.138. The topological polar surface area (TPSA) is 135 Å². The van der Waals surface area contributed by atoms with Gasteiger partial charge in [0.15, 0.2) is 6.61 Å². The number of hydrogen-bond acceptors (Lipinski definition) is 6. The molecule has 10 nitrogen and oxygen atoms in total. The van der Waals surface area contributed by atoms with Crippen LogP contribution in [0.15, 0.2) is 36.5 Å². The molecule has 1 aromatic carbocycles. The summed E-state index contributed by atoms with van der Waals surface area (Å²) in [6, 6.07) is 8.84. The number of carboxylic acid groups (broad SMARTS) is 1. The molecule has 1 heterocycles. The first kappa shape index (κ1) is 17.9. The van der Waals surface area contributed by atoms with Gasteiger partial charge in [0.2, 0.25) is 5.91 Å². The Morgan fingerprint density at radius 2 is 1.88 bits per heavy atom. The number of nitrogens with zero attached hydrogens (tertiary/aromatic N) is 3. The molecule has 3 N–H and O–H groups in total. The molecule has 1 aromatic heterocycles. The number of rotatable bonds is 9. The third-order valence-electron chi connectivity index (χ3n) is 2.91. The van der Waals surface area contributed by atoms with Crippen molar-refractivity contribution < 1.29 is 24.2 Å². The van der Waals surface area contributed by atoms with Crippen molar-refractivity contribution in [3.8, 4) is 5.75 Å². The predicted molar refractivity (Wildman–Crippen MR) is 84.5 cm³/mol. The van der Waals surface area contributed by atoms with E-state index < -0.39 is 17.8 Å². The van der Waals surface area contributed by atoms with Gasteiger partial charge in [-0.3, -0.25) is 14.4 Å². The highest BCUT2D eigenvalue weighted by atomic mass is 16.5. The Morgan fingerprint density at radius 1 is 1.12 bits per heavy atom. The third-order valence-corrected chi connectivity index (χ3v) is 2.91.